The quantitative estimate of drug-likeness (QED) is 0.257. The van der Waals surface area contributed by atoms with Gasteiger partial charge in [-0.25, -0.2) is 0 Å². The van der Waals surface area contributed by atoms with Crippen LogP contribution in [0, 0.1) is 0 Å². The lowest BCUT2D eigenvalue weighted by atomic mass is 10.1. The van der Waals surface area contributed by atoms with Crippen LogP contribution in [0.4, 0.5) is 0 Å². The second-order valence-corrected chi connectivity index (χ2v) is 8.93. The Balaban J connectivity index is 4.47. The lowest BCUT2D eigenvalue weighted by Gasteiger charge is -2.29. The van der Waals surface area contributed by atoms with Gasteiger partial charge in [0.05, 0.1) is 6.04 Å². The van der Waals surface area contributed by atoms with Crippen LogP contribution >= 0.6 is 0 Å². The lowest BCUT2D eigenvalue weighted by molar-refractivity contribution is -0.114. The minimum absolute atomic E-state index is 0.0922. The molecule has 0 atom stereocenters. The first kappa shape index (κ1) is 20.5. The molecule has 0 bridgehead atoms. The van der Waals surface area contributed by atoms with Gasteiger partial charge >= 0.3 is 8.56 Å². The van der Waals surface area contributed by atoms with Crippen molar-refractivity contribution in [3.63, 3.8) is 0 Å². The highest BCUT2D eigenvalue weighted by molar-refractivity contribution is 6.71. The number of carbonyl (C=O) groups is 1. The number of unbranched alkanes of at least 4 members (excludes halogenated alkanes) is 5. The first-order valence-corrected chi connectivity index (χ1v) is 10.7. The first-order chi connectivity index (χ1) is 10.0. The van der Waals surface area contributed by atoms with E-state index in [4.69, 9.17) is 8.85 Å². The lowest BCUT2D eigenvalue weighted by Crippen LogP contribution is -2.44. The fraction of sp³-hybridized carbons (Fsp3) is 0.824. The van der Waals surface area contributed by atoms with Crippen molar-refractivity contribution in [2.24, 2.45) is 0 Å². The summed E-state index contributed by atoms with van der Waals surface area (Å²) in [5.74, 6) is 0.0922. The highest BCUT2D eigenvalue weighted by Crippen LogP contribution is 2.25. The Morgan fingerprint density at radius 3 is 1.95 bits per heavy atom. The highest BCUT2D eigenvalue weighted by atomic mass is 28.4. The van der Waals surface area contributed by atoms with Crippen molar-refractivity contribution in [2.45, 2.75) is 78.3 Å². The maximum atomic E-state index is 12.1. The fourth-order valence-electron chi connectivity index (χ4n) is 2.47. The molecule has 0 aliphatic heterocycles. The normalized spacial score (nSPS) is 11.6. The van der Waals surface area contributed by atoms with E-state index in [1.807, 2.05) is 13.8 Å². The molecule has 0 fully saturated rings. The van der Waals surface area contributed by atoms with Gasteiger partial charge in [0.1, 0.15) is 0 Å². The van der Waals surface area contributed by atoms with E-state index in [9.17, 15) is 4.79 Å². The van der Waals surface area contributed by atoms with Gasteiger partial charge in [-0.2, -0.15) is 0 Å². The van der Waals surface area contributed by atoms with E-state index in [2.05, 4.69) is 13.5 Å². The van der Waals surface area contributed by atoms with Crippen LogP contribution in [0.3, 0.4) is 0 Å². The Kier molecular flexibility index (Phi) is 11.9. The highest BCUT2D eigenvalue weighted by Gasteiger charge is 2.39. The van der Waals surface area contributed by atoms with Crippen LogP contribution in [0.5, 0.6) is 0 Å². The number of ketones is 1. The zero-order valence-electron chi connectivity index (χ0n) is 14.5. The van der Waals surface area contributed by atoms with E-state index < -0.39 is 8.56 Å². The smallest absolute Gasteiger partial charge is 0.346 e. The molecule has 0 spiro atoms. The monoisotopic (exact) mass is 314 g/mol. The minimum Gasteiger partial charge on any atom is -0.394 e. The summed E-state index contributed by atoms with van der Waals surface area (Å²) >= 11 is 0. The number of hydrogen-bond acceptors (Lipinski definition) is 3. The second kappa shape index (κ2) is 12.1. The Labute approximate surface area is 132 Å². The molecule has 0 aliphatic rings. The molecule has 0 N–H and O–H groups in total. The third-order valence-corrected chi connectivity index (χ3v) is 7.24. The van der Waals surface area contributed by atoms with Gasteiger partial charge in [-0.15, -0.1) is 0 Å². The molecule has 0 heterocycles. The molecule has 0 saturated heterocycles. The summed E-state index contributed by atoms with van der Waals surface area (Å²) < 4.78 is 11.9. The van der Waals surface area contributed by atoms with E-state index >= 15 is 0 Å². The second-order valence-electron chi connectivity index (χ2n) is 5.67. The Hall–Kier alpha value is -0.453. The standard InChI is InChI=1S/C17H34O3Si/c1-6-9-10-11-12-13-14-21(19-7-2,20-8-3)15-17(18)16(4)5/h4,6-15H2,1-3,5H3. The Morgan fingerprint density at radius 2 is 1.48 bits per heavy atom. The van der Waals surface area contributed by atoms with E-state index in [0.717, 1.165) is 12.5 Å². The third-order valence-electron chi connectivity index (χ3n) is 3.63. The summed E-state index contributed by atoms with van der Waals surface area (Å²) in [6, 6.07) is 1.33. The van der Waals surface area contributed by atoms with Crippen LogP contribution in [0.15, 0.2) is 12.2 Å². The van der Waals surface area contributed by atoms with E-state index in [1.54, 1.807) is 6.92 Å². The predicted octanol–water partition coefficient (Wildman–Crippen LogP) is 5.01. The van der Waals surface area contributed by atoms with Crippen LogP contribution in [0.2, 0.25) is 12.1 Å². The van der Waals surface area contributed by atoms with Crippen molar-refractivity contribution < 1.29 is 13.6 Å². The molecule has 0 aromatic heterocycles. The molecule has 0 aliphatic carbocycles. The van der Waals surface area contributed by atoms with Crippen LogP contribution in [0.25, 0.3) is 0 Å². The van der Waals surface area contributed by atoms with Gasteiger partial charge in [-0.1, -0.05) is 52.0 Å². The third kappa shape index (κ3) is 9.22. The van der Waals surface area contributed by atoms with Crippen molar-refractivity contribution in [2.75, 3.05) is 13.2 Å². The molecule has 4 heteroatoms. The van der Waals surface area contributed by atoms with Crippen molar-refractivity contribution in [3.05, 3.63) is 12.2 Å². The zero-order valence-corrected chi connectivity index (χ0v) is 15.5. The molecule has 0 aromatic carbocycles. The van der Waals surface area contributed by atoms with Crippen LogP contribution in [-0.4, -0.2) is 27.6 Å². The van der Waals surface area contributed by atoms with Crippen LogP contribution in [0.1, 0.15) is 66.2 Å². The Bertz CT molecular complexity index is 296. The molecule has 3 nitrogen and oxygen atoms in total. The van der Waals surface area contributed by atoms with Crippen LogP contribution < -0.4 is 0 Å². The molecule has 21 heavy (non-hydrogen) atoms. The van der Waals surface area contributed by atoms with Crippen molar-refractivity contribution >= 4 is 14.3 Å². The molecule has 0 saturated carbocycles. The molecule has 0 radical (unpaired) electrons. The van der Waals surface area contributed by atoms with Crippen molar-refractivity contribution in [1.29, 1.82) is 0 Å². The van der Waals surface area contributed by atoms with E-state index in [-0.39, 0.29) is 5.78 Å². The summed E-state index contributed by atoms with van der Waals surface area (Å²) in [5, 5.41) is 0. The SMILES string of the molecule is C=C(C)C(=O)C[Si](CCCCCCCC)(OCC)OCC. The molecule has 0 amide bonds. The number of allylic oxidation sites excluding steroid dienone is 1. The van der Waals surface area contributed by atoms with Crippen molar-refractivity contribution in [3.8, 4) is 0 Å². The first-order valence-electron chi connectivity index (χ1n) is 8.48. The molecular formula is C17H34O3Si. The molecule has 0 unspecified atom stereocenters. The van der Waals surface area contributed by atoms with Gasteiger partial charge in [0.2, 0.25) is 0 Å². The van der Waals surface area contributed by atoms with Gasteiger partial charge in [0, 0.05) is 13.2 Å². The maximum absolute atomic E-state index is 12.1. The van der Waals surface area contributed by atoms with Gasteiger partial charge in [-0.05, 0) is 32.4 Å². The van der Waals surface area contributed by atoms with Gasteiger partial charge < -0.3 is 8.85 Å². The van der Waals surface area contributed by atoms with Gasteiger partial charge in [0.15, 0.2) is 5.78 Å². The predicted molar refractivity (Wildman–Crippen MR) is 91.8 cm³/mol. The van der Waals surface area contributed by atoms with Gasteiger partial charge in [0.25, 0.3) is 0 Å². The molecule has 0 aromatic rings. The average molecular weight is 315 g/mol. The van der Waals surface area contributed by atoms with Gasteiger partial charge in [-0.3, -0.25) is 4.79 Å². The molecule has 0 rings (SSSR count). The summed E-state index contributed by atoms with van der Waals surface area (Å²) in [5.41, 5.74) is 0.606. The minimum atomic E-state index is -2.40. The summed E-state index contributed by atoms with van der Waals surface area (Å²) in [6.07, 6.45) is 7.46. The largest absolute Gasteiger partial charge is 0.394 e. The zero-order chi connectivity index (χ0) is 16.1. The number of rotatable bonds is 14. The summed E-state index contributed by atoms with van der Waals surface area (Å²) in [4.78, 5) is 12.1. The number of carbonyl (C=O) groups excluding carboxylic acids is 1. The number of hydrogen-bond donors (Lipinski definition) is 0. The molecule has 124 valence electrons. The van der Waals surface area contributed by atoms with Crippen LogP contribution in [-0.2, 0) is 13.6 Å². The maximum Gasteiger partial charge on any atom is 0.346 e. The van der Waals surface area contributed by atoms with E-state index in [1.165, 1.54) is 32.1 Å². The van der Waals surface area contributed by atoms with Crippen molar-refractivity contribution in [1.82, 2.24) is 0 Å². The summed E-state index contributed by atoms with van der Waals surface area (Å²) in [6.45, 7) is 12.9. The Morgan fingerprint density at radius 1 is 0.952 bits per heavy atom. The van der Waals surface area contributed by atoms with E-state index in [0.29, 0.717) is 24.8 Å². The topological polar surface area (TPSA) is 35.5 Å². The number of Topliss-reactive ketones (excluding diaryl/α,β-unsaturated/α-hetero) is 1. The average Bonchev–Trinajstić information content (AvgIpc) is 2.43. The molecular weight excluding hydrogens is 280 g/mol. The fourth-order valence-corrected chi connectivity index (χ4v) is 5.86. The summed E-state index contributed by atoms with van der Waals surface area (Å²) in [7, 11) is -2.40.